The molecule has 5 heteroatoms. The summed E-state index contributed by atoms with van der Waals surface area (Å²) in [6.45, 7) is 2.69. The molecule has 0 radical (unpaired) electrons. The SMILES string of the molecule is CCc1ccc(NCc2cc(=O)n3ccsc3n2)cc1. The summed E-state index contributed by atoms with van der Waals surface area (Å²) in [5.41, 5.74) is 3.08. The van der Waals surface area contributed by atoms with Gasteiger partial charge >= 0.3 is 0 Å². The van der Waals surface area contributed by atoms with Crippen LogP contribution in [0.1, 0.15) is 18.2 Å². The quantitative estimate of drug-likeness (QED) is 0.801. The molecule has 0 fully saturated rings. The molecule has 4 nitrogen and oxygen atoms in total. The van der Waals surface area contributed by atoms with Gasteiger partial charge in [-0.05, 0) is 24.1 Å². The Morgan fingerprint density at radius 1 is 1.30 bits per heavy atom. The van der Waals surface area contributed by atoms with Crippen molar-refractivity contribution in [3.8, 4) is 0 Å². The van der Waals surface area contributed by atoms with Gasteiger partial charge in [0.05, 0.1) is 12.2 Å². The van der Waals surface area contributed by atoms with Crippen molar-refractivity contribution < 1.29 is 0 Å². The summed E-state index contributed by atoms with van der Waals surface area (Å²) >= 11 is 1.47. The fourth-order valence-corrected chi connectivity index (χ4v) is 2.77. The van der Waals surface area contributed by atoms with Crippen LogP contribution in [0.4, 0.5) is 5.69 Å². The van der Waals surface area contributed by atoms with E-state index >= 15 is 0 Å². The molecule has 0 spiro atoms. The van der Waals surface area contributed by atoms with E-state index in [9.17, 15) is 4.79 Å². The zero-order valence-electron chi connectivity index (χ0n) is 11.2. The van der Waals surface area contributed by atoms with Gasteiger partial charge < -0.3 is 5.32 Å². The van der Waals surface area contributed by atoms with Gasteiger partial charge in [0.15, 0.2) is 4.96 Å². The molecule has 1 N–H and O–H groups in total. The predicted molar refractivity (Wildman–Crippen MR) is 82.5 cm³/mol. The number of nitrogens with one attached hydrogen (secondary N) is 1. The van der Waals surface area contributed by atoms with Gasteiger partial charge in [-0.15, -0.1) is 11.3 Å². The fourth-order valence-electron chi connectivity index (χ4n) is 2.03. The van der Waals surface area contributed by atoms with Crippen LogP contribution in [0.5, 0.6) is 0 Å². The molecule has 0 aliphatic rings. The molecular formula is C15H15N3OS. The highest BCUT2D eigenvalue weighted by Gasteiger charge is 2.03. The van der Waals surface area contributed by atoms with Gasteiger partial charge in [0.1, 0.15) is 0 Å². The monoisotopic (exact) mass is 285 g/mol. The Balaban J connectivity index is 1.77. The van der Waals surface area contributed by atoms with Gasteiger partial charge in [-0.1, -0.05) is 19.1 Å². The van der Waals surface area contributed by atoms with Crippen LogP contribution in [-0.2, 0) is 13.0 Å². The molecule has 0 atom stereocenters. The van der Waals surface area contributed by atoms with Gasteiger partial charge in [-0.3, -0.25) is 9.20 Å². The van der Waals surface area contributed by atoms with Crippen LogP contribution >= 0.6 is 11.3 Å². The molecule has 0 bridgehead atoms. The van der Waals surface area contributed by atoms with Gasteiger partial charge in [0.25, 0.3) is 5.56 Å². The maximum atomic E-state index is 11.9. The van der Waals surface area contributed by atoms with E-state index in [1.165, 1.54) is 16.9 Å². The molecule has 3 aromatic rings. The highest BCUT2D eigenvalue weighted by molar-refractivity contribution is 7.15. The van der Waals surface area contributed by atoms with Crippen LogP contribution in [0.15, 0.2) is 46.7 Å². The zero-order chi connectivity index (χ0) is 13.9. The number of rotatable bonds is 4. The lowest BCUT2D eigenvalue weighted by atomic mass is 10.1. The van der Waals surface area contributed by atoms with E-state index in [0.717, 1.165) is 22.8 Å². The van der Waals surface area contributed by atoms with E-state index < -0.39 is 0 Å². The number of hydrogen-bond donors (Lipinski definition) is 1. The van der Waals surface area contributed by atoms with Crippen molar-refractivity contribution in [3.05, 3.63) is 63.5 Å². The first-order valence-electron chi connectivity index (χ1n) is 6.55. The summed E-state index contributed by atoms with van der Waals surface area (Å²) in [4.78, 5) is 17.1. The largest absolute Gasteiger partial charge is 0.379 e. The number of benzene rings is 1. The number of hydrogen-bond acceptors (Lipinski definition) is 4. The number of aromatic nitrogens is 2. The van der Waals surface area contributed by atoms with Crippen LogP contribution in [0, 0.1) is 0 Å². The van der Waals surface area contributed by atoms with Gasteiger partial charge in [0.2, 0.25) is 0 Å². The van der Waals surface area contributed by atoms with Crippen LogP contribution in [0.2, 0.25) is 0 Å². The van der Waals surface area contributed by atoms with Gasteiger partial charge in [-0.2, -0.15) is 0 Å². The molecule has 20 heavy (non-hydrogen) atoms. The lowest BCUT2D eigenvalue weighted by Gasteiger charge is -2.06. The Morgan fingerprint density at radius 3 is 2.85 bits per heavy atom. The van der Waals surface area contributed by atoms with E-state index in [1.54, 1.807) is 16.7 Å². The molecule has 1 aromatic carbocycles. The molecular weight excluding hydrogens is 270 g/mol. The number of anilines is 1. The highest BCUT2D eigenvalue weighted by atomic mass is 32.1. The van der Waals surface area contributed by atoms with Gasteiger partial charge in [-0.25, -0.2) is 4.98 Å². The average Bonchev–Trinajstić information content (AvgIpc) is 2.94. The molecule has 2 aromatic heterocycles. The maximum absolute atomic E-state index is 11.9. The second-order valence-corrected chi connectivity index (χ2v) is 5.42. The number of aryl methyl sites for hydroxylation is 1. The van der Waals surface area contributed by atoms with Crippen molar-refractivity contribution >= 4 is 22.0 Å². The summed E-state index contributed by atoms with van der Waals surface area (Å²) in [6.07, 6.45) is 2.78. The van der Waals surface area contributed by atoms with Crippen molar-refractivity contribution in [3.63, 3.8) is 0 Å². The van der Waals surface area contributed by atoms with Crippen LogP contribution in [0.3, 0.4) is 0 Å². The average molecular weight is 285 g/mol. The Kier molecular flexibility index (Phi) is 3.52. The second kappa shape index (κ2) is 5.46. The first kappa shape index (κ1) is 12.9. The molecule has 0 aliphatic heterocycles. The Bertz CT molecular complexity index is 774. The van der Waals surface area contributed by atoms with E-state index in [0.29, 0.717) is 6.54 Å². The number of nitrogens with zero attached hydrogens (tertiary/aromatic N) is 2. The molecule has 0 saturated heterocycles. The lowest BCUT2D eigenvalue weighted by Crippen LogP contribution is -2.14. The molecule has 102 valence electrons. The van der Waals surface area contributed by atoms with E-state index in [4.69, 9.17) is 0 Å². The predicted octanol–water partition coefficient (Wildman–Crippen LogP) is 2.93. The molecule has 0 saturated carbocycles. The Hall–Kier alpha value is -2.14. The first-order valence-corrected chi connectivity index (χ1v) is 7.43. The Labute approximate surface area is 120 Å². The normalized spacial score (nSPS) is 10.8. The van der Waals surface area contributed by atoms with Crippen molar-refractivity contribution in [2.45, 2.75) is 19.9 Å². The third-order valence-corrected chi connectivity index (χ3v) is 3.95. The standard InChI is InChI=1S/C15H15N3OS/c1-2-11-3-5-12(6-4-11)16-10-13-9-14(19)18-7-8-20-15(18)17-13/h3-9,16H,2,10H2,1H3. The van der Waals surface area contributed by atoms with Gasteiger partial charge in [0, 0.05) is 23.3 Å². The third-order valence-electron chi connectivity index (χ3n) is 3.19. The van der Waals surface area contributed by atoms with Crippen LogP contribution < -0.4 is 10.9 Å². The van der Waals surface area contributed by atoms with Crippen LogP contribution in [0.25, 0.3) is 4.96 Å². The Morgan fingerprint density at radius 2 is 2.10 bits per heavy atom. The lowest BCUT2D eigenvalue weighted by molar-refractivity contribution is 0.989. The minimum atomic E-state index is -0.0330. The molecule has 0 aliphatic carbocycles. The summed E-state index contributed by atoms with van der Waals surface area (Å²) in [7, 11) is 0. The van der Waals surface area contributed by atoms with Crippen molar-refractivity contribution in [1.29, 1.82) is 0 Å². The molecule has 0 unspecified atom stereocenters. The third kappa shape index (κ3) is 2.58. The topological polar surface area (TPSA) is 46.4 Å². The fraction of sp³-hybridized carbons (Fsp3) is 0.200. The van der Waals surface area contributed by atoms with Crippen LogP contribution in [-0.4, -0.2) is 9.38 Å². The van der Waals surface area contributed by atoms with E-state index in [2.05, 4.69) is 41.5 Å². The minimum absolute atomic E-state index is 0.0330. The maximum Gasteiger partial charge on any atom is 0.258 e. The van der Waals surface area contributed by atoms with Crippen molar-refractivity contribution in [2.24, 2.45) is 0 Å². The highest BCUT2D eigenvalue weighted by Crippen LogP contribution is 2.12. The smallest absolute Gasteiger partial charge is 0.258 e. The summed E-state index contributed by atoms with van der Waals surface area (Å²) in [5, 5.41) is 5.16. The molecule has 0 amide bonds. The van der Waals surface area contributed by atoms with E-state index in [-0.39, 0.29) is 5.56 Å². The van der Waals surface area contributed by atoms with E-state index in [1.807, 2.05) is 5.38 Å². The number of thiazole rings is 1. The molecule has 2 heterocycles. The minimum Gasteiger partial charge on any atom is -0.379 e. The second-order valence-electron chi connectivity index (χ2n) is 4.55. The first-order chi connectivity index (χ1) is 9.76. The molecule has 3 rings (SSSR count). The number of fused-ring (bicyclic) bond motifs is 1. The summed E-state index contributed by atoms with van der Waals surface area (Å²) in [6, 6.07) is 9.89. The summed E-state index contributed by atoms with van der Waals surface area (Å²) in [5.74, 6) is 0. The van der Waals surface area contributed by atoms with Crippen molar-refractivity contribution in [1.82, 2.24) is 9.38 Å². The van der Waals surface area contributed by atoms with Crippen molar-refractivity contribution in [2.75, 3.05) is 5.32 Å². The summed E-state index contributed by atoms with van der Waals surface area (Å²) < 4.78 is 1.56. The zero-order valence-corrected chi connectivity index (χ0v) is 12.0.